The maximum Gasteiger partial charge on any atom is 0.250 e. The third-order valence-corrected chi connectivity index (χ3v) is 4.46. The molecule has 1 fully saturated rings. The number of aliphatic hydroxyl groups excluding tert-OH is 1. The first-order valence-corrected chi connectivity index (χ1v) is 6.60. The summed E-state index contributed by atoms with van der Waals surface area (Å²) in [5.41, 5.74) is 4.77. The fourth-order valence-electron chi connectivity index (χ4n) is 2.36. The number of thioether (sulfide) groups is 1. The Kier molecular flexibility index (Phi) is 2.85. The zero-order valence-electron chi connectivity index (χ0n) is 9.78. The van der Waals surface area contributed by atoms with Crippen molar-refractivity contribution in [1.82, 2.24) is 15.4 Å². The molecule has 2 N–H and O–H groups in total. The SMILES string of the molecule is CN1NC(O)C2C(c3ccncc3)=CSC2C1=O. The second-order valence-electron chi connectivity index (χ2n) is 4.36. The molecule has 2 aliphatic heterocycles. The third kappa shape index (κ3) is 1.73. The third-order valence-electron chi connectivity index (χ3n) is 3.28. The van der Waals surface area contributed by atoms with Crippen LogP contribution in [0.5, 0.6) is 0 Å². The van der Waals surface area contributed by atoms with E-state index in [1.54, 1.807) is 19.4 Å². The van der Waals surface area contributed by atoms with Crippen LogP contribution in [0.15, 0.2) is 29.9 Å². The summed E-state index contributed by atoms with van der Waals surface area (Å²) in [6.07, 6.45) is 2.68. The summed E-state index contributed by atoms with van der Waals surface area (Å²) in [5.74, 6) is -0.211. The van der Waals surface area contributed by atoms with Gasteiger partial charge in [0.25, 0.3) is 5.91 Å². The van der Waals surface area contributed by atoms with E-state index >= 15 is 0 Å². The zero-order chi connectivity index (χ0) is 12.7. The molecule has 2 aliphatic rings. The molecule has 1 saturated heterocycles. The van der Waals surface area contributed by atoms with Crippen molar-refractivity contribution in [1.29, 1.82) is 0 Å². The first-order valence-electron chi connectivity index (χ1n) is 5.66. The van der Waals surface area contributed by atoms with Crippen LogP contribution in [-0.2, 0) is 4.79 Å². The number of hydrogen-bond donors (Lipinski definition) is 2. The summed E-state index contributed by atoms with van der Waals surface area (Å²) in [7, 11) is 1.63. The van der Waals surface area contributed by atoms with Gasteiger partial charge in [0.1, 0.15) is 6.23 Å². The molecular weight excluding hydrogens is 250 g/mol. The predicted molar refractivity (Wildman–Crippen MR) is 69.0 cm³/mol. The Labute approximate surface area is 109 Å². The molecular formula is C12H13N3O2S. The van der Waals surface area contributed by atoms with Crippen LogP contribution in [0.2, 0.25) is 0 Å². The van der Waals surface area contributed by atoms with Crippen molar-refractivity contribution in [3.63, 3.8) is 0 Å². The van der Waals surface area contributed by atoms with Crippen molar-refractivity contribution in [3.8, 4) is 0 Å². The Bertz CT molecular complexity index is 505. The first-order chi connectivity index (χ1) is 8.68. The summed E-state index contributed by atoms with van der Waals surface area (Å²) >= 11 is 1.47. The van der Waals surface area contributed by atoms with Gasteiger partial charge in [-0.15, -0.1) is 11.8 Å². The van der Waals surface area contributed by atoms with Crippen LogP contribution in [0.3, 0.4) is 0 Å². The summed E-state index contributed by atoms with van der Waals surface area (Å²) in [4.78, 5) is 16.0. The molecule has 1 amide bonds. The normalized spacial score (nSPS) is 31.2. The first kappa shape index (κ1) is 11.7. The fourth-order valence-corrected chi connectivity index (χ4v) is 3.68. The number of nitrogens with one attached hydrogen (secondary N) is 1. The van der Waals surface area contributed by atoms with Gasteiger partial charge in [-0.25, -0.2) is 5.43 Å². The van der Waals surface area contributed by atoms with Crippen LogP contribution in [-0.4, -0.2) is 39.5 Å². The van der Waals surface area contributed by atoms with Gasteiger partial charge in [0.2, 0.25) is 0 Å². The highest BCUT2D eigenvalue weighted by Gasteiger charge is 2.46. The van der Waals surface area contributed by atoms with Crippen LogP contribution < -0.4 is 5.43 Å². The van der Waals surface area contributed by atoms with Crippen LogP contribution in [0.25, 0.3) is 5.57 Å². The lowest BCUT2D eigenvalue weighted by atomic mass is 9.88. The van der Waals surface area contributed by atoms with E-state index in [9.17, 15) is 9.90 Å². The molecule has 3 heterocycles. The molecule has 18 heavy (non-hydrogen) atoms. The maximum atomic E-state index is 12.0. The minimum absolute atomic E-state index is 0.00407. The average Bonchev–Trinajstić information content (AvgIpc) is 2.82. The van der Waals surface area contributed by atoms with Gasteiger partial charge in [0.15, 0.2) is 0 Å². The number of carbonyl (C=O) groups excluding carboxylic acids is 1. The monoisotopic (exact) mass is 263 g/mol. The molecule has 0 spiro atoms. The van der Waals surface area contributed by atoms with Gasteiger partial charge in [0.05, 0.1) is 5.25 Å². The lowest BCUT2D eigenvalue weighted by molar-refractivity contribution is -0.143. The number of amides is 1. The Morgan fingerprint density at radius 3 is 2.89 bits per heavy atom. The Balaban J connectivity index is 1.94. The van der Waals surface area contributed by atoms with E-state index in [1.807, 2.05) is 17.5 Å². The molecule has 0 saturated carbocycles. The molecule has 3 rings (SSSR count). The lowest BCUT2D eigenvalue weighted by Gasteiger charge is -2.37. The fraction of sp³-hybridized carbons (Fsp3) is 0.333. The van der Waals surface area contributed by atoms with Crippen molar-refractivity contribution >= 4 is 23.2 Å². The quantitative estimate of drug-likeness (QED) is 0.770. The van der Waals surface area contributed by atoms with Gasteiger partial charge in [-0.2, -0.15) is 0 Å². The van der Waals surface area contributed by atoms with E-state index in [0.717, 1.165) is 11.1 Å². The maximum absolute atomic E-state index is 12.0. The van der Waals surface area contributed by atoms with Crippen molar-refractivity contribution in [2.24, 2.45) is 5.92 Å². The van der Waals surface area contributed by atoms with Crippen LogP contribution in [0.4, 0.5) is 0 Å². The molecule has 3 unspecified atom stereocenters. The van der Waals surface area contributed by atoms with Crippen molar-refractivity contribution in [3.05, 3.63) is 35.5 Å². The highest BCUT2D eigenvalue weighted by Crippen LogP contribution is 2.44. The molecule has 94 valence electrons. The number of fused-ring (bicyclic) bond motifs is 1. The van der Waals surface area contributed by atoms with Gasteiger partial charge in [-0.1, -0.05) is 0 Å². The van der Waals surface area contributed by atoms with Crippen molar-refractivity contribution in [2.75, 3.05) is 7.05 Å². The van der Waals surface area contributed by atoms with Gasteiger partial charge in [-0.3, -0.25) is 14.8 Å². The average molecular weight is 263 g/mol. The molecule has 0 radical (unpaired) electrons. The number of hydrogen-bond acceptors (Lipinski definition) is 5. The minimum Gasteiger partial charge on any atom is -0.376 e. The minimum atomic E-state index is -0.743. The summed E-state index contributed by atoms with van der Waals surface area (Å²) in [6, 6.07) is 3.79. The molecule has 3 atom stereocenters. The molecule has 1 aromatic heterocycles. The highest BCUT2D eigenvalue weighted by molar-refractivity contribution is 8.03. The lowest BCUT2D eigenvalue weighted by Crippen LogP contribution is -2.59. The van der Waals surface area contributed by atoms with Crippen molar-refractivity contribution < 1.29 is 9.90 Å². The van der Waals surface area contributed by atoms with Crippen LogP contribution in [0.1, 0.15) is 5.56 Å². The number of hydrazine groups is 1. The molecule has 0 aromatic carbocycles. The number of pyridine rings is 1. The second-order valence-corrected chi connectivity index (χ2v) is 5.38. The Morgan fingerprint density at radius 2 is 2.17 bits per heavy atom. The molecule has 1 aromatic rings. The van der Waals surface area contributed by atoms with Gasteiger partial charge < -0.3 is 5.11 Å². The second kappa shape index (κ2) is 4.38. The number of rotatable bonds is 1. The number of nitrogens with zero attached hydrogens (tertiary/aromatic N) is 2. The van der Waals surface area contributed by atoms with Crippen LogP contribution >= 0.6 is 11.8 Å². The van der Waals surface area contributed by atoms with E-state index in [4.69, 9.17) is 0 Å². The number of carbonyl (C=O) groups is 1. The van der Waals surface area contributed by atoms with Gasteiger partial charge in [0, 0.05) is 25.4 Å². The smallest absolute Gasteiger partial charge is 0.250 e. The zero-order valence-corrected chi connectivity index (χ0v) is 10.6. The van der Waals surface area contributed by atoms with E-state index in [0.29, 0.717) is 0 Å². The van der Waals surface area contributed by atoms with E-state index < -0.39 is 6.23 Å². The molecule has 0 aliphatic carbocycles. The largest absolute Gasteiger partial charge is 0.376 e. The van der Waals surface area contributed by atoms with Gasteiger partial charge in [-0.05, 0) is 28.7 Å². The summed E-state index contributed by atoms with van der Waals surface area (Å²) in [6.45, 7) is 0. The molecule has 5 nitrogen and oxygen atoms in total. The Morgan fingerprint density at radius 1 is 1.44 bits per heavy atom. The number of aliphatic hydroxyl groups is 1. The van der Waals surface area contributed by atoms with E-state index in [2.05, 4.69) is 10.4 Å². The standard InChI is InChI=1S/C12H13N3O2S/c1-15-12(17)10-9(11(16)14-15)8(6-18-10)7-2-4-13-5-3-7/h2-6,9-11,14,16H,1H3. The topological polar surface area (TPSA) is 65.5 Å². The number of aromatic nitrogens is 1. The van der Waals surface area contributed by atoms with Gasteiger partial charge >= 0.3 is 0 Å². The van der Waals surface area contributed by atoms with E-state index in [-0.39, 0.29) is 17.1 Å². The van der Waals surface area contributed by atoms with Crippen LogP contribution in [0, 0.1) is 5.92 Å². The van der Waals surface area contributed by atoms with E-state index in [1.165, 1.54) is 16.8 Å². The van der Waals surface area contributed by atoms with Crippen molar-refractivity contribution in [2.45, 2.75) is 11.5 Å². The predicted octanol–water partition coefficient (Wildman–Crippen LogP) is 0.449. The summed E-state index contributed by atoms with van der Waals surface area (Å²) in [5, 5.41) is 13.2. The summed E-state index contributed by atoms with van der Waals surface area (Å²) < 4.78 is 0. The molecule has 6 heteroatoms. The Hall–Kier alpha value is -1.37. The molecule has 0 bridgehead atoms. The highest BCUT2D eigenvalue weighted by atomic mass is 32.2.